The molecule has 1 aliphatic carbocycles. The standard InChI is InChI=1S/C8H10N2/c1-6-7-4-2-3-5-8(7)10-9-6/h2,4H,3,5H2,1H3,(H,9,10). The second-order valence-corrected chi connectivity index (χ2v) is 2.65. The average Bonchev–Trinajstić information content (AvgIpc) is 2.34. The van der Waals surface area contributed by atoms with E-state index in [2.05, 4.69) is 29.3 Å². The van der Waals surface area contributed by atoms with Crippen LogP contribution in [0.3, 0.4) is 0 Å². The van der Waals surface area contributed by atoms with E-state index >= 15 is 0 Å². The highest BCUT2D eigenvalue weighted by Crippen LogP contribution is 2.18. The fourth-order valence-corrected chi connectivity index (χ4v) is 1.32. The number of fused-ring (bicyclic) bond motifs is 1. The lowest BCUT2D eigenvalue weighted by molar-refractivity contribution is 0.904. The summed E-state index contributed by atoms with van der Waals surface area (Å²) in [5, 5.41) is 7.16. The van der Waals surface area contributed by atoms with Crippen molar-refractivity contribution in [2.24, 2.45) is 0 Å². The first kappa shape index (κ1) is 5.71. The van der Waals surface area contributed by atoms with Crippen molar-refractivity contribution < 1.29 is 0 Å². The Morgan fingerprint density at radius 2 is 2.50 bits per heavy atom. The number of nitrogens with zero attached hydrogens (tertiary/aromatic N) is 1. The Kier molecular flexibility index (Phi) is 1.13. The summed E-state index contributed by atoms with van der Waals surface area (Å²) in [7, 11) is 0. The van der Waals surface area contributed by atoms with Gasteiger partial charge in [-0.25, -0.2) is 0 Å². The van der Waals surface area contributed by atoms with Crippen LogP contribution in [0.4, 0.5) is 0 Å². The van der Waals surface area contributed by atoms with E-state index in [0.717, 1.165) is 12.8 Å². The SMILES string of the molecule is Cc1[nH]nc2c1C=CCC2. The fraction of sp³-hybridized carbons (Fsp3) is 0.375. The van der Waals surface area contributed by atoms with E-state index in [9.17, 15) is 0 Å². The minimum absolute atomic E-state index is 1.09. The minimum atomic E-state index is 1.09. The smallest absolute Gasteiger partial charge is 0.0700 e. The Hall–Kier alpha value is -1.05. The quantitative estimate of drug-likeness (QED) is 0.574. The molecule has 1 aromatic heterocycles. The molecule has 0 bridgehead atoms. The van der Waals surface area contributed by atoms with E-state index in [0.29, 0.717) is 0 Å². The number of H-pyrrole nitrogens is 1. The van der Waals surface area contributed by atoms with E-state index < -0.39 is 0 Å². The highest BCUT2D eigenvalue weighted by Gasteiger charge is 2.08. The molecule has 0 radical (unpaired) electrons. The maximum Gasteiger partial charge on any atom is 0.0700 e. The fourth-order valence-electron chi connectivity index (χ4n) is 1.32. The first-order chi connectivity index (χ1) is 4.88. The minimum Gasteiger partial charge on any atom is -0.282 e. The van der Waals surface area contributed by atoms with Crippen LogP contribution in [0.1, 0.15) is 23.4 Å². The van der Waals surface area contributed by atoms with Gasteiger partial charge in [-0.05, 0) is 19.8 Å². The third kappa shape index (κ3) is 0.685. The van der Waals surface area contributed by atoms with Gasteiger partial charge in [0.25, 0.3) is 0 Å². The largest absolute Gasteiger partial charge is 0.282 e. The summed E-state index contributed by atoms with van der Waals surface area (Å²) in [6.45, 7) is 2.06. The van der Waals surface area contributed by atoms with Gasteiger partial charge in [-0.15, -0.1) is 0 Å². The normalized spacial score (nSPS) is 15.3. The summed E-state index contributed by atoms with van der Waals surface area (Å²) < 4.78 is 0. The van der Waals surface area contributed by atoms with Gasteiger partial charge >= 0.3 is 0 Å². The predicted octanol–water partition coefficient (Wildman–Crippen LogP) is 1.68. The van der Waals surface area contributed by atoms with Crippen molar-refractivity contribution in [2.75, 3.05) is 0 Å². The lowest BCUT2D eigenvalue weighted by atomic mass is 10.0. The van der Waals surface area contributed by atoms with E-state index in [4.69, 9.17) is 0 Å². The molecule has 1 aromatic rings. The second-order valence-electron chi connectivity index (χ2n) is 2.65. The molecular weight excluding hydrogens is 124 g/mol. The molecule has 0 saturated carbocycles. The highest BCUT2D eigenvalue weighted by molar-refractivity contribution is 5.56. The van der Waals surface area contributed by atoms with Gasteiger partial charge < -0.3 is 0 Å². The molecule has 1 aliphatic rings. The molecule has 0 atom stereocenters. The lowest BCUT2D eigenvalue weighted by Gasteiger charge is -2.01. The molecule has 1 heterocycles. The van der Waals surface area contributed by atoms with Crippen LogP contribution in [0.2, 0.25) is 0 Å². The summed E-state index contributed by atoms with van der Waals surface area (Å²) in [6, 6.07) is 0. The van der Waals surface area contributed by atoms with Crippen molar-refractivity contribution in [2.45, 2.75) is 19.8 Å². The molecule has 0 amide bonds. The molecular formula is C8H10N2. The molecule has 0 aromatic carbocycles. The number of nitrogens with one attached hydrogen (secondary N) is 1. The second kappa shape index (κ2) is 1.97. The third-order valence-corrected chi connectivity index (χ3v) is 1.91. The zero-order chi connectivity index (χ0) is 6.97. The van der Waals surface area contributed by atoms with Crippen molar-refractivity contribution in [1.82, 2.24) is 10.2 Å². The summed E-state index contributed by atoms with van der Waals surface area (Å²) in [5.74, 6) is 0. The number of aryl methyl sites for hydroxylation is 2. The zero-order valence-corrected chi connectivity index (χ0v) is 6.02. The molecule has 2 heteroatoms. The van der Waals surface area contributed by atoms with Gasteiger partial charge in [-0.3, -0.25) is 5.10 Å². The highest BCUT2D eigenvalue weighted by atomic mass is 15.1. The average molecular weight is 134 g/mol. The van der Waals surface area contributed by atoms with E-state index in [1.807, 2.05) is 0 Å². The molecule has 1 N–H and O–H groups in total. The van der Waals surface area contributed by atoms with Crippen molar-refractivity contribution in [1.29, 1.82) is 0 Å². The lowest BCUT2D eigenvalue weighted by Crippen LogP contribution is -1.91. The number of hydrogen-bond acceptors (Lipinski definition) is 1. The first-order valence-corrected chi connectivity index (χ1v) is 3.58. The van der Waals surface area contributed by atoms with Crippen molar-refractivity contribution in [3.63, 3.8) is 0 Å². The van der Waals surface area contributed by atoms with Crippen molar-refractivity contribution in [3.05, 3.63) is 23.0 Å². The summed E-state index contributed by atoms with van der Waals surface area (Å²) in [4.78, 5) is 0. The molecule has 2 nitrogen and oxygen atoms in total. The maximum atomic E-state index is 4.18. The Bertz CT molecular complexity index is 271. The van der Waals surface area contributed by atoms with Crippen molar-refractivity contribution >= 4 is 6.08 Å². The Morgan fingerprint density at radius 1 is 1.60 bits per heavy atom. The van der Waals surface area contributed by atoms with Crippen LogP contribution in [-0.4, -0.2) is 10.2 Å². The molecule has 2 rings (SSSR count). The molecule has 0 fully saturated rings. The van der Waals surface area contributed by atoms with E-state index in [1.165, 1.54) is 17.0 Å². The summed E-state index contributed by atoms with van der Waals surface area (Å²) in [6.07, 6.45) is 6.58. The molecule has 0 aliphatic heterocycles. The summed E-state index contributed by atoms with van der Waals surface area (Å²) in [5.41, 5.74) is 3.71. The van der Waals surface area contributed by atoms with Gasteiger partial charge in [0.1, 0.15) is 0 Å². The van der Waals surface area contributed by atoms with Crippen LogP contribution in [0.5, 0.6) is 0 Å². The number of hydrogen-bond donors (Lipinski definition) is 1. The van der Waals surface area contributed by atoms with Gasteiger partial charge in [0.15, 0.2) is 0 Å². The predicted molar refractivity (Wildman–Crippen MR) is 40.7 cm³/mol. The Balaban J connectivity index is 2.57. The first-order valence-electron chi connectivity index (χ1n) is 3.58. The van der Waals surface area contributed by atoms with Crippen LogP contribution in [0, 0.1) is 6.92 Å². The van der Waals surface area contributed by atoms with Crippen LogP contribution in [0.15, 0.2) is 6.08 Å². The Labute approximate surface area is 60.0 Å². The van der Waals surface area contributed by atoms with Crippen LogP contribution in [0.25, 0.3) is 6.08 Å². The van der Waals surface area contributed by atoms with Crippen LogP contribution in [-0.2, 0) is 6.42 Å². The maximum absolute atomic E-state index is 4.18. The molecule has 0 spiro atoms. The van der Waals surface area contributed by atoms with Gasteiger partial charge in [-0.2, -0.15) is 5.10 Å². The van der Waals surface area contributed by atoms with Crippen LogP contribution >= 0.6 is 0 Å². The van der Waals surface area contributed by atoms with Gasteiger partial charge in [0.2, 0.25) is 0 Å². The monoisotopic (exact) mass is 134 g/mol. The number of allylic oxidation sites excluding steroid dienone is 1. The molecule has 0 unspecified atom stereocenters. The zero-order valence-electron chi connectivity index (χ0n) is 6.02. The van der Waals surface area contributed by atoms with Gasteiger partial charge in [0, 0.05) is 11.3 Å². The molecule has 52 valence electrons. The Morgan fingerprint density at radius 3 is 3.30 bits per heavy atom. The number of rotatable bonds is 0. The van der Waals surface area contributed by atoms with E-state index in [-0.39, 0.29) is 0 Å². The van der Waals surface area contributed by atoms with E-state index in [1.54, 1.807) is 0 Å². The van der Waals surface area contributed by atoms with Crippen molar-refractivity contribution in [3.8, 4) is 0 Å². The van der Waals surface area contributed by atoms with Crippen LogP contribution < -0.4 is 0 Å². The third-order valence-electron chi connectivity index (χ3n) is 1.91. The number of aromatic amines is 1. The molecule has 10 heavy (non-hydrogen) atoms. The van der Waals surface area contributed by atoms with Gasteiger partial charge in [0.05, 0.1) is 5.69 Å². The topological polar surface area (TPSA) is 28.7 Å². The summed E-state index contributed by atoms with van der Waals surface area (Å²) >= 11 is 0. The van der Waals surface area contributed by atoms with Gasteiger partial charge in [-0.1, -0.05) is 12.2 Å². The number of aromatic nitrogens is 2. The molecule has 0 saturated heterocycles.